The molecule has 0 spiro atoms. The van der Waals surface area contributed by atoms with E-state index in [4.69, 9.17) is 16.9 Å². The number of rotatable bonds is 5. The summed E-state index contributed by atoms with van der Waals surface area (Å²) >= 11 is 5.47. The van der Waals surface area contributed by atoms with E-state index in [0.717, 1.165) is 0 Å². The summed E-state index contributed by atoms with van der Waals surface area (Å²) < 4.78 is 0. The Morgan fingerprint density at radius 1 is 1.58 bits per heavy atom. The Labute approximate surface area is 116 Å². The maximum absolute atomic E-state index is 11.8. The van der Waals surface area contributed by atoms with Crippen molar-refractivity contribution in [2.24, 2.45) is 0 Å². The molecule has 0 fully saturated rings. The number of anilines is 1. The molecule has 19 heavy (non-hydrogen) atoms. The minimum absolute atomic E-state index is 0.0439. The van der Waals surface area contributed by atoms with Crippen LogP contribution in [0.5, 0.6) is 5.75 Å². The number of hydrogen-bond donors (Lipinski definition) is 3. The van der Waals surface area contributed by atoms with Gasteiger partial charge in [-0.05, 0) is 30.7 Å². The summed E-state index contributed by atoms with van der Waals surface area (Å²) in [5.41, 5.74) is 1.21. The van der Waals surface area contributed by atoms with Crippen LogP contribution in [0.4, 0.5) is 5.69 Å². The highest BCUT2D eigenvalue weighted by Crippen LogP contribution is 2.20. The third kappa shape index (κ3) is 4.53. The van der Waals surface area contributed by atoms with Crippen LogP contribution in [-0.2, 0) is 4.79 Å². The van der Waals surface area contributed by atoms with Crippen molar-refractivity contribution >= 4 is 23.2 Å². The van der Waals surface area contributed by atoms with Gasteiger partial charge in [0.05, 0.1) is 0 Å². The van der Waals surface area contributed by atoms with Crippen LogP contribution in [0.3, 0.4) is 0 Å². The molecule has 100 valence electrons. The second kappa shape index (κ2) is 7.29. The summed E-state index contributed by atoms with van der Waals surface area (Å²) in [5, 5.41) is 23.5. The number of nitrogens with one attached hydrogen (secondary N) is 2. The summed E-state index contributed by atoms with van der Waals surface area (Å²) in [6.45, 7) is 2.22. The van der Waals surface area contributed by atoms with E-state index in [1.807, 2.05) is 0 Å². The number of nitriles is 1. The topological polar surface area (TPSA) is 85.2 Å². The van der Waals surface area contributed by atoms with Crippen molar-refractivity contribution in [3.63, 3.8) is 0 Å². The van der Waals surface area contributed by atoms with Crippen molar-refractivity contribution in [3.05, 3.63) is 35.5 Å². The summed E-state index contributed by atoms with van der Waals surface area (Å²) in [4.78, 5) is 11.8. The summed E-state index contributed by atoms with van der Waals surface area (Å²) in [6, 6.07) is 6.37. The van der Waals surface area contributed by atoms with Crippen molar-refractivity contribution in [2.75, 3.05) is 17.7 Å². The molecule has 5 nitrogen and oxygen atoms in total. The monoisotopic (exact) mass is 279 g/mol. The highest BCUT2D eigenvalue weighted by atomic mass is 35.5. The molecule has 3 N–H and O–H groups in total. The van der Waals surface area contributed by atoms with Gasteiger partial charge in [0, 0.05) is 24.3 Å². The van der Waals surface area contributed by atoms with Crippen LogP contribution in [0.2, 0.25) is 0 Å². The molecular weight excluding hydrogens is 266 g/mol. The zero-order chi connectivity index (χ0) is 14.3. The number of alkyl halides is 1. The Morgan fingerprint density at radius 2 is 2.32 bits per heavy atom. The number of aromatic hydroxyl groups is 1. The largest absolute Gasteiger partial charge is 0.508 e. The first kappa shape index (κ1) is 14.9. The first-order chi connectivity index (χ1) is 9.08. The molecule has 0 radical (unpaired) electrons. The smallest absolute Gasteiger partial charge is 0.267 e. The van der Waals surface area contributed by atoms with Crippen LogP contribution in [0.15, 0.2) is 30.0 Å². The highest BCUT2D eigenvalue weighted by Gasteiger charge is 2.10. The molecule has 0 aliphatic rings. The highest BCUT2D eigenvalue weighted by molar-refractivity contribution is 6.18. The lowest BCUT2D eigenvalue weighted by Crippen LogP contribution is -2.18. The molecule has 0 aliphatic carbocycles. The lowest BCUT2D eigenvalue weighted by Gasteiger charge is -2.08. The molecule has 6 heteroatoms. The number of halogens is 1. The third-order valence-electron chi connectivity index (χ3n) is 2.31. The number of carbonyl (C=O) groups excluding carboxylic acids is 1. The van der Waals surface area contributed by atoms with Gasteiger partial charge in [-0.2, -0.15) is 5.26 Å². The fourth-order valence-corrected chi connectivity index (χ4v) is 1.46. The number of aryl methyl sites for hydroxylation is 1. The normalized spacial score (nSPS) is 10.7. The Morgan fingerprint density at radius 3 is 2.89 bits per heavy atom. The molecule has 0 heterocycles. The average Bonchev–Trinajstić information content (AvgIpc) is 2.38. The van der Waals surface area contributed by atoms with Crippen molar-refractivity contribution in [1.29, 1.82) is 5.26 Å². The van der Waals surface area contributed by atoms with Crippen molar-refractivity contribution < 1.29 is 9.90 Å². The molecule has 1 aromatic rings. The van der Waals surface area contributed by atoms with E-state index in [-0.39, 0.29) is 11.3 Å². The molecule has 1 amide bonds. The number of benzene rings is 1. The fourth-order valence-electron chi connectivity index (χ4n) is 1.36. The molecule has 0 saturated heterocycles. The van der Waals surface area contributed by atoms with Gasteiger partial charge in [-0.25, -0.2) is 0 Å². The Balaban J connectivity index is 2.77. The predicted octanol–water partition coefficient (Wildman–Crippen LogP) is 1.87. The van der Waals surface area contributed by atoms with Crippen molar-refractivity contribution in [2.45, 2.75) is 6.92 Å². The zero-order valence-corrected chi connectivity index (χ0v) is 11.2. The van der Waals surface area contributed by atoms with Crippen LogP contribution in [0.1, 0.15) is 5.56 Å². The van der Waals surface area contributed by atoms with Crippen LogP contribution in [0, 0.1) is 18.3 Å². The first-order valence-electron chi connectivity index (χ1n) is 5.59. The van der Waals surface area contributed by atoms with Crippen LogP contribution < -0.4 is 10.6 Å². The van der Waals surface area contributed by atoms with Crippen LogP contribution in [0.25, 0.3) is 0 Å². The van der Waals surface area contributed by atoms with E-state index < -0.39 is 5.91 Å². The van der Waals surface area contributed by atoms with Crippen LogP contribution >= 0.6 is 11.6 Å². The van der Waals surface area contributed by atoms with Gasteiger partial charge in [0.2, 0.25) is 0 Å². The lowest BCUT2D eigenvalue weighted by molar-refractivity contribution is -0.112. The molecule has 0 aliphatic heterocycles. The molecule has 0 aromatic heterocycles. The minimum atomic E-state index is -0.515. The molecule has 0 saturated carbocycles. The third-order valence-corrected chi connectivity index (χ3v) is 2.50. The number of hydrogen-bond acceptors (Lipinski definition) is 4. The molecule has 0 atom stereocenters. The summed E-state index contributed by atoms with van der Waals surface area (Å²) in [6.07, 6.45) is 1.33. The predicted molar refractivity (Wildman–Crippen MR) is 73.9 cm³/mol. The number of amides is 1. The average molecular weight is 280 g/mol. The zero-order valence-electron chi connectivity index (χ0n) is 10.4. The van der Waals surface area contributed by atoms with E-state index in [1.54, 1.807) is 19.1 Å². The van der Waals surface area contributed by atoms with E-state index >= 15 is 0 Å². The summed E-state index contributed by atoms with van der Waals surface area (Å²) in [7, 11) is 0. The Bertz CT molecular complexity index is 535. The molecule has 1 rings (SSSR count). The summed E-state index contributed by atoms with van der Waals surface area (Å²) in [5.74, 6) is -0.0119. The maximum atomic E-state index is 11.8. The SMILES string of the molecule is Cc1cc(O)ccc1NC(=O)/C(C#N)=C\NCCCl. The number of phenolic OH excluding ortho intramolecular Hbond substituents is 1. The number of phenols is 1. The maximum Gasteiger partial charge on any atom is 0.267 e. The van der Waals surface area contributed by atoms with Gasteiger partial charge in [0.1, 0.15) is 17.4 Å². The van der Waals surface area contributed by atoms with E-state index in [0.29, 0.717) is 23.7 Å². The standard InChI is InChI=1S/C13H14ClN3O2/c1-9-6-11(18)2-3-12(9)17-13(19)10(7-15)8-16-5-4-14/h2-3,6,8,16,18H,4-5H2,1H3,(H,17,19)/b10-8-. The number of nitrogens with zero attached hydrogens (tertiary/aromatic N) is 1. The van der Waals surface area contributed by atoms with Gasteiger partial charge in [-0.1, -0.05) is 0 Å². The Kier molecular flexibility index (Phi) is 5.71. The second-order valence-corrected chi connectivity index (χ2v) is 4.14. The second-order valence-electron chi connectivity index (χ2n) is 3.77. The number of carbonyl (C=O) groups is 1. The van der Waals surface area contributed by atoms with Gasteiger partial charge in [0.15, 0.2) is 0 Å². The van der Waals surface area contributed by atoms with E-state index in [2.05, 4.69) is 10.6 Å². The van der Waals surface area contributed by atoms with Crippen LogP contribution in [-0.4, -0.2) is 23.4 Å². The molecule has 0 unspecified atom stereocenters. The first-order valence-corrected chi connectivity index (χ1v) is 6.12. The van der Waals surface area contributed by atoms with Crippen molar-refractivity contribution in [1.82, 2.24) is 5.32 Å². The minimum Gasteiger partial charge on any atom is -0.508 e. The van der Waals surface area contributed by atoms with Gasteiger partial charge >= 0.3 is 0 Å². The van der Waals surface area contributed by atoms with E-state index in [9.17, 15) is 9.90 Å². The molecular formula is C13H14ClN3O2. The molecule has 1 aromatic carbocycles. The van der Waals surface area contributed by atoms with Gasteiger partial charge in [-0.15, -0.1) is 11.6 Å². The lowest BCUT2D eigenvalue weighted by atomic mass is 10.2. The quantitative estimate of drug-likeness (QED) is 0.253. The van der Waals surface area contributed by atoms with Gasteiger partial charge in [0.25, 0.3) is 5.91 Å². The fraction of sp³-hybridized carbons (Fsp3) is 0.231. The van der Waals surface area contributed by atoms with E-state index in [1.165, 1.54) is 18.3 Å². The van der Waals surface area contributed by atoms with Gasteiger partial charge < -0.3 is 15.7 Å². The van der Waals surface area contributed by atoms with Gasteiger partial charge in [-0.3, -0.25) is 4.79 Å². The van der Waals surface area contributed by atoms with Crippen molar-refractivity contribution in [3.8, 4) is 11.8 Å². The Hall–Kier alpha value is -2.19. The molecule has 0 bridgehead atoms.